The van der Waals surface area contributed by atoms with E-state index < -0.39 is 27.8 Å². The number of amides is 1. The number of hydrogen-bond acceptors (Lipinski definition) is 6. The van der Waals surface area contributed by atoms with E-state index in [1.807, 2.05) is 0 Å². The molecular weight excluding hydrogens is 286 g/mol. The topological polar surface area (TPSA) is 98.8 Å². The van der Waals surface area contributed by atoms with Crippen LogP contribution in [-0.2, 0) is 25.2 Å². The molecule has 0 radical (unpaired) electrons. The van der Waals surface area contributed by atoms with Crippen LogP contribution in [0.3, 0.4) is 0 Å². The van der Waals surface area contributed by atoms with Gasteiger partial charge in [0.15, 0.2) is 0 Å². The molecule has 0 saturated carbocycles. The number of hydrogen-bond donors (Lipinski definition) is 1. The SMILES string of the molecule is CCOC(=O)NS(=O)(=O)Cc1ccccc1C(=O)OC. The predicted octanol–water partition coefficient (Wildman–Crippen LogP) is 1.05. The van der Waals surface area contributed by atoms with E-state index in [1.54, 1.807) is 23.8 Å². The molecule has 110 valence electrons. The van der Waals surface area contributed by atoms with Crippen molar-refractivity contribution in [3.05, 3.63) is 35.4 Å². The van der Waals surface area contributed by atoms with E-state index in [-0.39, 0.29) is 17.7 Å². The second-order valence-corrected chi connectivity index (χ2v) is 5.45. The highest BCUT2D eigenvalue weighted by atomic mass is 32.2. The minimum atomic E-state index is -3.95. The van der Waals surface area contributed by atoms with Gasteiger partial charge in [-0.3, -0.25) is 0 Å². The summed E-state index contributed by atoms with van der Waals surface area (Å²) in [5, 5.41) is 0. The van der Waals surface area contributed by atoms with Crippen LogP contribution in [0.4, 0.5) is 4.79 Å². The first kappa shape index (κ1) is 16.0. The maximum absolute atomic E-state index is 11.8. The Morgan fingerprint density at radius 3 is 2.50 bits per heavy atom. The molecule has 0 aliphatic carbocycles. The van der Waals surface area contributed by atoms with E-state index in [2.05, 4.69) is 9.47 Å². The minimum Gasteiger partial charge on any atom is -0.465 e. The number of benzene rings is 1. The van der Waals surface area contributed by atoms with Gasteiger partial charge in [0.25, 0.3) is 0 Å². The zero-order valence-corrected chi connectivity index (χ0v) is 11.9. The van der Waals surface area contributed by atoms with Gasteiger partial charge in [0.1, 0.15) is 0 Å². The van der Waals surface area contributed by atoms with Crippen LogP contribution in [0.5, 0.6) is 0 Å². The maximum Gasteiger partial charge on any atom is 0.420 e. The van der Waals surface area contributed by atoms with E-state index in [0.29, 0.717) is 0 Å². The van der Waals surface area contributed by atoms with Crippen molar-refractivity contribution in [1.82, 2.24) is 4.72 Å². The summed E-state index contributed by atoms with van der Waals surface area (Å²) in [5.74, 6) is -1.18. The average Bonchev–Trinajstić information content (AvgIpc) is 2.37. The predicted molar refractivity (Wildman–Crippen MR) is 70.6 cm³/mol. The molecule has 1 aromatic carbocycles. The van der Waals surface area contributed by atoms with Crippen LogP contribution < -0.4 is 4.72 Å². The highest BCUT2D eigenvalue weighted by molar-refractivity contribution is 7.89. The third-order valence-corrected chi connectivity index (χ3v) is 3.45. The van der Waals surface area contributed by atoms with Crippen LogP contribution in [0.1, 0.15) is 22.8 Å². The maximum atomic E-state index is 11.8. The summed E-state index contributed by atoms with van der Waals surface area (Å²) in [5.41, 5.74) is 0.361. The molecule has 0 aromatic heterocycles. The van der Waals surface area contributed by atoms with Crippen LogP contribution in [-0.4, -0.2) is 34.2 Å². The van der Waals surface area contributed by atoms with Crippen LogP contribution in [0.25, 0.3) is 0 Å². The monoisotopic (exact) mass is 301 g/mol. The van der Waals surface area contributed by atoms with Gasteiger partial charge in [-0.15, -0.1) is 0 Å². The van der Waals surface area contributed by atoms with E-state index >= 15 is 0 Å². The summed E-state index contributed by atoms with van der Waals surface area (Å²) in [7, 11) is -2.75. The fraction of sp³-hybridized carbons (Fsp3) is 0.333. The minimum absolute atomic E-state index is 0.0557. The lowest BCUT2D eigenvalue weighted by atomic mass is 10.1. The molecule has 7 nitrogen and oxygen atoms in total. The molecule has 0 atom stereocenters. The molecule has 1 amide bonds. The molecule has 0 unspecified atom stereocenters. The number of sulfonamides is 1. The molecule has 1 aromatic rings. The van der Waals surface area contributed by atoms with Gasteiger partial charge < -0.3 is 9.47 Å². The highest BCUT2D eigenvalue weighted by Crippen LogP contribution is 2.13. The average molecular weight is 301 g/mol. The first-order valence-electron chi connectivity index (χ1n) is 5.73. The van der Waals surface area contributed by atoms with E-state index in [4.69, 9.17) is 0 Å². The molecule has 0 aliphatic heterocycles. The van der Waals surface area contributed by atoms with Crippen molar-refractivity contribution in [2.24, 2.45) is 0 Å². The van der Waals surface area contributed by atoms with Gasteiger partial charge in [0.2, 0.25) is 10.0 Å². The smallest absolute Gasteiger partial charge is 0.420 e. The molecule has 0 spiro atoms. The van der Waals surface area contributed by atoms with Gasteiger partial charge in [-0.2, -0.15) is 0 Å². The van der Waals surface area contributed by atoms with Crippen molar-refractivity contribution >= 4 is 22.1 Å². The Morgan fingerprint density at radius 1 is 1.25 bits per heavy atom. The molecule has 20 heavy (non-hydrogen) atoms. The van der Waals surface area contributed by atoms with Crippen molar-refractivity contribution in [1.29, 1.82) is 0 Å². The van der Waals surface area contributed by atoms with Crippen molar-refractivity contribution in [2.45, 2.75) is 12.7 Å². The number of nitrogens with one attached hydrogen (secondary N) is 1. The van der Waals surface area contributed by atoms with Gasteiger partial charge in [-0.05, 0) is 18.6 Å². The second kappa shape index (κ2) is 6.90. The van der Waals surface area contributed by atoms with Crippen LogP contribution >= 0.6 is 0 Å². The highest BCUT2D eigenvalue weighted by Gasteiger charge is 2.20. The van der Waals surface area contributed by atoms with E-state index in [9.17, 15) is 18.0 Å². The summed E-state index contributed by atoms with van der Waals surface area (Å²) in [6, 6.07) is 6.08. The largest absolute Gasteiger partial charge is 0.465 e. The number of rotatable bonds is 5. The Kier molecular flexibility index (Phi) is 5.51. The molecule has 0 saturated heterocycles. The summed E-state index contributed by atoms with van der Waals surface area (Å²) < 4.78 is 34.4. The van der Waals surface area contributed by atoms with Crippen LogP contribution in [0, 0.1) is 0 Å². The van der Waals surface area contributed by atoms with Crippen molar-refractivity contribution < 1.29 is 27.5 Å². The van der Waals surface area contributed by atoms with Crippen molar-refractivity contribution in [3.8, 4) is 0 Å². The summed E-state index contributed by atoms with van der Waals surface area (Å²) >= 11 is 0. The van der Waals surface area contributed by atoms with Gasteiger partial charge in [0, 0.05) is 0 Å². The Hall–Kier alpha value is -2.09. The molecule has 0 heterocycles. The summed E-state index contributed by atoms with van der Waals surface area (Å²) in [6.45, 7) is 1.61. The fourth-order valence-corrected chi connectivity index (χ4v) is 2.53. The Labute approximate surface area is 116 Å². The first-order chi connectivity index (χ1) is 9.39. The molecule has 1 rings (SSSR count). The number of ether oxygens (including phenoxy) is 2. The zero-order valence-electron chi connectivity index (χ0n) is 11.1. The summed E-state index contributed by atoms with van der Waals surface area (Å²) in [6.07, 6.45) is -1.05. The summed E-state index contributed by atoms with van der Waals surface area (Å²) in [4.78, 5) is 22.6. The molecule has 0 aliphatic rings. The fourth-order valence-electron chi connectivity index (χ4n) is 1.48. The number of esters is 1. The number of carbonyl (C=O) groups is 2. The Morgan fingerprint density at radius 2 is 1.90 bits per heavy atom. The lowest BCUT2D eigenvalue weighted by Gasteiger charge is -2.09. The molecular formula is C12H15NO6S. The Bertz CT molecular complexity index is 596. The van der Waals surface area contributed by atoms with Gasteiger partial charge in [-0.25, -0.2) is 22.7 Å². The van der Waals surface area contributed by atoms with E-state index in [0.717, 1.165) is 0 Å². The van der Waals surface area contributed by atoms with Gasteiger partial charge in [0.05, 0.1) is 25.0 Å². The third kappa shape index (κ3) is 4.54. The van der Waals surface area contributed by atoms with Crippen molar-refractivity contribution in [2.75, 3.05) is 13.7 Å². The molecule has 0 fully saturated rings. The lowest BCUT2D eigenvalue weighted by molar-refractivity contribution is 0.0600. The second-order valence-electron chi connectivity index (χ2n) is 3.73. The van der Waals surface area contributed by atoms with Gasteiger partial charge in [-0.1, -0.05) is 18.2 Å². The molecule has 0 bridgehead atoms. The van der Waals surface area contributed by atoms with Crippen LogP contribution in [0.15, 0.2) is 24.3 Å². The number of carbonyl (C=O) groups excluding carboxylic acids is 2. The zero-order chi connectivity index (χ0) is 15.2. The molecule has 8 heteroatoms. The number of methoxy groups -OCH3 is 1. The Balaban J connectivity index is 2.93. The standard InChI is InChI=1S/C12H15NO6S/c1-3-19-12(15)13-20(16,17)8-9-6-4-5-7-10(9)11(14)18-2/h4-7H,3,8H2,1-2H3,(H,13,15). The quantitative estimate of drug-likeness (QED) is 0.816. The third-order valence-electron chi connectivity index (χ3n) is 2.28. The van der Waals surface area contributed by atoms with Crippen molar-refractivity contribution in [3.63, 3.8) is 0 Å². The molecule has 1 N–H and O–H groups in total. The lowest BCUT2D eigenvalue weighted by Crippen LogP contribution is -2.32. The normalized spacial score (nSPS) is 10.7. The van der Waals surface area contributed by atoms with Gasteiger partial charge >= 0.3 is 12.1 Å². The first-order valence-corrected chi connectivity index (χ1v) is 7.38. The van der Waals surface area contributed by atoms with E-state index in [1.165, 1.54) is 19.2 Å². The van der Waals surface area contributed by atoms with Crippen LogP contribution in [0.2, 0.25) is 0 Å².